The summed E-state index contributed by atoms with van der Waals surface area (Å²) in [5.41, 5.74) is 21.6. The number of para-hydroxylation sites is 2. The predicted octanol–water partition coefficient (Wildman–Crippen LogP) is 15.9. The Balaban J connectivity index is 1.07. The van der Waals surface area contributed by atoms with Crippen molar-refractivity contribution in [3.8, 4) is 50.2 Å². The summed E-state index contributed by atoms with van der Waals surface area (Å²) in [6.07, 6.45) is 0. The number of hydrogen-bond acceptors (Lipinski definition) is 1. The van der Waals surface area contributed by atoms with E-state index in [9.17, 15) is 0 Å². The van der Waals surface area contributed by atoms with Crippen LogP contribution in [-0.4, -0.2) is 4.57 Å². The van der Waals surface area contributed by atoms with Gasteiger partial charge in [0.15, 0.2) is 0 Å². The molecule has 11 aromatic rings. The maximum Gasteiger partial charge on any atom is 0.0754 e. The summed E-state index contributed by atoms with van der Waals surface area (Å²) >= 11 is 0. The van der Waals surface area contributed by atoms with Gasteiger partial charge in [-0.25, -0.2) is 0 Å². The Morgan fingerprint density at radius 3 is 1.41 bits per heavy atom. The molecule has 294 valence electrons. The lowest BCUT2D eigenvalue weighted by Crippen LogP contribution is -2.33. The molecule has 1 aliphatic carbocycles. The first-order valence-electron chi connectivity index (χ1n) is 21.8. The van der Waals surface area contributed by atoms with Gasteiger partial charge in [-0.05, 0) is 121 Å². The van der Waals surface area contributed by atoms with E-state index in [1.54, 1.807) is 0 Å². The fourth-order valence-electron chi connectivity index (χ4n) is 10.9. The van der Waals surface area contributed by atoms with Gasteiger partial charge in [0.25, 0.3) is 0 Å². The first-order valence-corrected chi connectivity index (χ1v) is 21.8. The van der Waals surface area contributed by atoms with E-state index in [1.165, 1.54) is 94.3 Å². The van der Waals surface area contributed by atoms with Crippen molar-refractivity contribution in [2.75, 3.05) is 4.90 Å². The number of rotatable bonds is 6. The van der Waals surface area contributed by atoms with Crippen molar-refractivity contribution in [2.45, 2.75) is 5.41 Å². The Labute approximate surface area is 367 Å². The zero-order valence-electron chi connectivity index (χ0n) is 34.5. The zero-order chi connectivity index (χ0) is 41.5. The molecular formula is C61H40N2. The molecule has 0 saturated heterocycles. The molecule has 10 aromatic carbocycles. The molecule has 1 spiro atoms. The van der Waals surface area contributed by atoms with Gasteiger partial charge in [0.05, 0.1) is 22.1 Å². The first kappa shape index (κ1) is 35.5. The van der Waals surface area contributed by atoms with Crippen LogP contribution in [0.5, 0.6) is 0 Å². The lowest BCUT2D eigenvalue weighted by Gasteiger charge is -2.39. The molecule has 1 aliphatic heterocycles. The summed E-state index contributed by atoms with van der Waals surface area (Å²) in [4.78, 5) is 2.44. The Morgan fingerprint density at radius 2 is 0.794 bits per heavy atom. The zero-order valence-corrected chi connectivity index (χ0v) is 34.5. The highest BCUT2D eigenvalue weighted by Crippen LogP contribution is 2.61. The molecule has 0 saturated carbocycles. The Morgan fingerprint density at radius 1 is 0.302 bits per heavy atom. The van der Waals surface area contributed by atoms with Crippen LogP contribution >= 0.6 is 0 Å². The molecule has 0 radical (unpaired) electrons. The average Bonchev–Trinajstić information content (AvgIpc) is 3.85. The normalized spacial score (nSPS) is 12.9. The highest BCUT2D eigenvalue weighted by Gasteiger charge is 2.50. The standard InChI is InChI=1S/C61H40N2/c1-4-17-41(18-5-1)44-31-33-47(34-32-44)62(49-38-45(42-19-6-2-7-20-42)37-46(39-49)43-21-8-3-9-22-43)48-35-36-58-53(40-48)52-25-16-29-57-60(52)63(58)59-30-15-14-28-56(59)61(57)54-26-12-10-23-50(54)51-24-11-13-27-55(51)61/h1-40H. The lowest BCUT2D eigenvalue weighted by molar-refractivity contribution is 0.748. The smallest absolute Gasteiger partial charge is 0.0754 e. The van der Waals surface area contributed by atoms with E-state index < -0.39 is 5.41 Å². The number of fused-ring (bicyclic) bond motifs is 12. The summed E-state index contributed by atoms with van der Waals surface area (Å²) in [5, 5.41) is 2.48. The second kappa shape index (κ2) is 13.9. The van der Waals surface area contributed by atoms with Gasteiger partial charge < -0.3 is 9.47 Å². The monoisotopic (exact) mass is 800 g/mol. The van der Waals surface area contributed by atoms with Crippen molar-refractivity contribution < 1.29 is 0 Å². The third kappa shape index (κ3) is 5.25. The highest BCUT2D eigenvalue weighted by molar-refractivity contribution is 6.14. The number of hydrogen-bond donors (Lipinski definition) is 0. The van der Waals surface area contributed by atoms with Crippen LogP contribution in [0.2, 0.25) is 0 Å². The molecular weight excluding hydrogens is 761 g/mol. The SMILES string of the molecule is c1ccc(-c2ccc(N(c3cc(-c4ccccc4)cc(-c4ccccc4)c3)c3ccc4c(c3)c3cccc5c3n4-c3ccccc3C53c4ccccc4-c4ccccc43)cc2)cc1. The summed E-state index contributed by atoms with van der Waals surface area (Å²) in [6, 6.07) is 89.5. The third-order valence-corrected chi connectivity index (χ3v) is 13.6. The molecule has 0 unspecified atom stereocenters. The molecule has 0 amide bonds. The summed E-state index contributed by atoms with van der Waals surface area (Å²) in [7, 11) is 0. The second-order valence-corrected chi connectivity index (χ2v) is 16.8. The van der Waals surface area contributed by atoms with E-state index in [-0.39, 0.29) is 0 Å². The van der Waals surface area contributed by atoms with E-state index in [0.29, 0.717) is 0 Å². The van der Waals surface area contributed by atoms with Crippen molar-refractivity contribution in [1.82, 2.24) is 4.57 Å². The van der Waals surface area contributed by atoms with Crippen LogP contribution in [0.1, 0.15) is 22.3 Å². The van der Waals surface area contributed by atoms with E-state index in [4.69, 9.17) is 0 Å². The molecule has 2 heterocycles. The molecule has 2 nitrogen and oxygen atoms in total. The van der Waals surface area contributed by atoms with Crippen LogP contribution in [0.15, 0.2) is 243 Å². The largest absolute Gasteiger partial charge is 0.310 e. The van der Waals surface area contributed by atoms with E-state index in [1.807, 2.05) is 0 Å². The van der Waals surface area contributed by atoms with Crippen LogP contribution < -0.4 is 4.90 Å². The number of anilines is 3. The molecule has 63 heavy (non-hydrogen) atoms. The average molecular weight is 801 g/mol. The molecule has 0 N–H and O–H groups in total. The first-order chi connectivity index (χ1) is 31.3. The molecule has 2 aliphatic rings. The van der Waals surface area contributed by atoms with Crippen molar-refractivity contribution in [1.29, 1.82) is 0 Å². The van der Waals surface area contributed by atoms with E-state index >= 15 is 0 Å². The number of aromatic nitrogens is 1. The number of nitrogens with zero attached hydrogens (tertiary/aromatic N) is 2. The third-order valence-electron chi connectivity index (χ3n) is 13.6. The minimum atomic E-state index is -0.450. The minimum Gasteiger partial charge on any atom is -0.310 e. The topological polar surface area (TPSA) is 8.17 Å². The Bertz CT molecular complexity index is 3440. The molecule has 13 rings (SSSR count). The second-order valence-electron chi connectivity index (χ2n) is 16.8. The van der Waals surface area contributed by atoms with Gasteiger partial charge in [-0.15, -0.1) is 0 Å². The van der Waals surface area contributed by atoms with Crippen LogP contribution in [0.4, 0.5) is 17.1 Å². The molecule has 0 bridgehead atoms. The fraction of sp³-hybridized carbons (Fsp3) is 0.0164. The lowest BCUT2D eigenvalue weighted by atomic mass is 9.65. The van der Waals surface area contributed by atoms with Gasteiger partial charge >= 0.3 is 0 Å². The van der Waals surface area contributed by atoms with Crippen molar-refractivity contribution in [3.63, 3.8) is 0 Å². The summed E-state index contributed by atoms with van der Waals surface area (Å²) in [6.45, 7) is 0. The maximum absolute atomic E-state index is 2.54. The van der Waals surface area contributed by atoms with Gasteiger partial charge in [-0.3, -0.25) is 0 Å². The summed E-state index contributed by atoms with van der Waals surface area (Å²) < 4.78 is 2.54. The predicted molar refractivity (Wildman–Crippen MR) is 263 cm³/mol. The molecule has 0 fully saturated rings. The van der Waals surface area contributed by atoms with Crippen LogP contribution in [0.3, 0.4) is 0 Å². The Hall–Kier alpha value is -8.20. The molecule has 1 aromatic heterocycles. The summed E-state index contributed by atoms with van der Waals surface area (Å²) in [5.74, 6) is 0. The van der Waals surface area contributed by atoms with E-state index in [0.717, 1.165) is 17.1 Å². The van der Waals surface area contributed by atoms with Gasteiger partial charge in [-0.2, -0.15) is 0 Å². The fourth-order valence-corrected chi connectivity index (χ4v) is 10.9. The Kier molecular flexibility index (Phi) is 7.85. The van der Waals surface area contributed by atoms with Crippen molar-refractivity contribution >= 4 is 38.9 Å². The van der Waals surface area contributed by atoms with Crippen LogP contribution in [0, 0.1) is 0 Å². The van der Waals surface area contributed by atoms with Gasteiger partial charge in [0.2, 0.25) is 0 Å². The van der Waals surface area contributed by atoms with Gasteiger partial charge in [0.1, 0.15) is 0 Å². The molecule has 2 heteroatoms. The molecule has 0 atom stereocenters. The van der Waals surface area contributed by atoms with Crippen LogP contribution in [-0.2, 0) is 5.41 Å². The minimum absolute atomic E-state index is 0.450. The van der Waals surface area contributed by atoms with E-state index in [2.05, 4.69) is 252 Å². The number of benzene rings is 10. The van der Waals surface area contributed by atoms with Crippen molar-refractivity contribution in [2.24, 2.45) is 0 Å². The van der Waals surface area contributed by atoms with Crippen LogP contribution in [0.25, 0.3) is 72.0 Å². The van der Waals surface area contributed by atoms with Gasteiger partial charge in [0, 0.05) is 27.8 Å². The maximum atomic E-state index is 2.54. The van der Waals surface area contributed by atoms with Crippen molar-refractivity contribution in [3.05, 3.63) is 265 Å². The highest BCUT2D eigenvalue weighted by atomic mass is 15.1. The quantitative estimate of drug-likeness (QED) is 0.163. The van der Waals surface area contributed by atoms with Gasteiger partial charge in [-0.1, -0.05) is 188 Å².